The van der Waals surface area contributed by atoms with Crippen LogP contribution in [0.2, 0.25) is 0 Å². The molecule has 4 heteroatoms. The third-order valence-electron chi connectivity index (χ3n) is 3.44. The highest BCUT2D eigenvalue weighted by molar-refractivity contribution is 8.01. The third-order valence-corrected chi connectivity index (χ3v) is 5.78. The lowest BCUT2D eigenvalue weighted by Gasteiger charge is -2.29. The van der Waals surface area contributed by atoms with Crippen molar-refractivity contribution in [3.8, 4) is 0 Å². The van der Waals surface area contributed by atoms with Crippen molar-refractivity contribution < 1.29 is 4.39 Å². The van der Waals surface area contributed by atoms with Crippen LogP contribution in [0.25, 0.3) is 0 Å². The predicted octanol–water partition coefficient (Wildman–Crippen LogP) is 5.23. The molecule has 0 bridgehead atoms. The molecule has 0 aliphatic carbocycles. The topological polar surface area (TPSA) is 12.0 Å². The molecule has 3 rings (SSSR count). The summed E-state index contributed by atoms with van der Waals surface area (Å²) in [6.07, 6.45) is 1.07. The van der Waals surface area contributed by atoms with E-state index in [2.05, 4.69) is 23.7 Å². The van der Waals surface area contributed by atoms with Crippen molar-refractivity contribution in [1.82, 2.24) is 0 Å². The molecular weight excluding hydrogens is 277 g/mol. The Morgan fingerprint density at radius 1 is 1.32 bits per heavy atom. The number of anilines is 1. The van der Waals surface area contributed by atoms with Crippen LogP contribution >= 0.6 is 23.1 Å². The first-order chi connectivity index (χ1) is 9.13. The zero-order valence-electron chi connectivity index (χ0n) is 10.9. The Hall–Kier alpha value is -1.00. The molecule has 1 aliphatic rings. The van der Waals surface area contributed by atoms with E-state index in [1.807, 2.05) is 24.8 Å². The summed E-state index contributed by atoms with van der Waals surface area (Å²) in [6.45, 7) is 4.26. The summed E-state index contributed by atoms with van der Waals surface area (Å²) in [5.74, 6) is -0.183. The molecule has 100 valence electrons. The lowest BCUT2D eigenvalue weighted by Crippen LogP contribution is -2.19. The van der Waals surface area contributed by atoms with Gasteiger partial charge < -0.3 is 5.32 Å². The fourth-order valence-electron chi connectivity index (χ4n) is 2.42. The van der Waals surface area contributed by atoms with Gasteiger partial charge in [-0.15, -0.1) is 23.1 Å². The summed E-state index contributed by atoms with van der Waals surface area (Å²) >= 11 is 3.74. The average Bonchev–Trinajstić information content (AvgIpc) is 2.82. The molecular formula is C15H16FNS2. The molecule has 1 N–H and O–H groups in total. The third kappa shape index (κ3) is 2.65. The summed E-state index contributed by atoms with van der Waals surface area (Å²) in [5, 5.41) is 6.25. The Balaban J connectivity index is 1.90. The molecule has 2 atom stereocenters. The van der Waals surface area contributed by atoms with E-state index in [0.717, 1.165) is 17.7 Å². The van der Waals surface area contributed by atoms with Crippen LogP contribution in [0.3, 0.4) is 0 Å². The smallest absolute Gasteiger partial charge is 0.125 e. The second-order valence-corrected chi connectivity index (χ2v) is 7.61. The number of benzene rings is 1. The number of thioether (sulfide) groups is 1. The van der Waals surface area contributed by atoms with E-state index in [4.69, 9.17) is 0 Å². The molecule has 1 aromatic heterocycles. The molecule has 0 radical (unpaired) electrons. The first-order valence-corrected chi connectivity index (χ1v) is 8.16. The molecule has 0 saturated heterocycles. The van der Waals surface area contributed by atoms with Gasteiger partial charge in [-0.05, 0) is 48.1 Å². The summed E-state index contributed by atoms with van der Waals surface area (Å²) in [7, 11) is 0. The van der Waals surface area contributed by atoms with Crippen LogP contribution in [0.5, 0.6) is 0 Å². The quantitative estimate of drug-likeness (QED) is 0.813. The normalized spacial score (nSPS) is 22.1. The van der Waals surface area contributed by atoms with Crippen LogP contribution < -0.4 is 5.32 Å². The summed E-state index contributed by atoms with van der Waals surface area (Å²) in [4.78, 5) is 0. The molecule has 1 aliphatic heterocycles. The number of thiophene rings is 1. The first-order valence-electron chi connectivity index (χ1n) is 6.40. The van der Waals surface area contributed by atoms with Crippen molar-refractivity contribution in [3.05, 3.63) is 46.6 Å². The van der Waals surface area contributed by atoms with Gasteiger partial charge >= 0.3 is 0 Å². The van der Waals surface area contributed by atoms with E-state index in [0.29, 0.717) is 5.25 Å². The highest BCUT2D eigenvalue weighted by Gasteiger charge is 2.26. The van der Waals surface area contributed by atoms with Gasteiger partial charge in [0, 0.05) is 10.9 Å². The number of halogens is 1. The van der Waals surface area contributed by atoms with E-state index >= 15 is 0 Å². The van der Waals surface area contributed by atoms with Crippen LogP contribution in [0.15, 0.2) is 33.9 Å². The van der Waals surface area contributed by atoms with E-state index in [-0.39, 0.29) is 11.9 Å². The van der Waals surface area contributed by atoms with Crippen molar-refractivity contribution in [2.24, 2.45) is 0 Å². The van der Waals surface area contributed by atoms with Gasteiger partial charge in [0.1, 0.15) is 5.82 Å². The van der Waals surface area contributed by atoms with Crippen molar-refractivity contribution in [3.63, 3.8) is 0 Å². The van der Waals surface area contributed by atoms with Gasteiger partial charge in [-0.2, -0.15) is 0 Å². The monoisotopic (exact) mass is 293 g/mol. The molecule has 0 spiro atoms. The summed E-state index contributed by atoms with van der Waals surface area (Å²) < 4.78 is 14.8. The van der Waals surface area contributed by atoms with Gasteiger partial charge in [-0.1, -0.05) is 13.0 Å². The SMILES string of the molecule is Cc1ccc(F)cc1NC1C[C@H](C)Sc2sccc21. The summed E-state index contributed by atoms with van der Waals surface area (Å²) in [5.41, 5.74) is 3.35. The molecule has 1 unspecified atom stereocenters. The van der Waals surface area contributed by atoms with Crippen molar-refractivity contribution >= 4 is 28.8 Å². The highest BCUT2D eigenvalue weighted by atomic mass is 32.2. The fourth-order valence-corrected chi connectivity index (χ4v) is 4.99. The largest absolute Gasteiger partial charge is 0.378 e. The number of nitrogens with one attached hydrogen (secondary N) is 1. The second kappa shape index (κ2) is 5.17. The Morgan fingerprint density at radius 2 is 2.16 bits per heavy atom. The zero-order valence-corrected chi connectivity index (χ0v) is 12.6. The fraction of sp³-hybridized carbons (Fsp3) is 0.333. The van der Waals surface area contributed by atoms with E-state index in [1.165, 1.54) is 15.8 Å². The maximum absolute atomic E-state index is 13.4. The Labute approximate surface area is 121 Å². The van der Waals surface area contributed by atoms with Gasteiger partial charge in [0.05, 0.1) is 10.3 Å². The van der Waals surface area contributed by atoms with Gasteiger partial charge in [0.2, 0.25) is 0 Å². The minimum absolute atomic E-state index is 0.183. The number of hydrogen-bond donors (Lipinski definition) is 1. The molecule has 19 heavy (non-hydrogen) atoms. The minimum Gasteiger partial charge on any atom is -0.378 e. The molecule has 0 fully saturated rings. The van der Waals surface area contributed by atoms with Gasteiger partial charge in [0.15, 0.2) is 0 Å². The second-order valence-electron chi connectivity index (χ2n) is 4.98. The standard InChI is InChI=1S/C15H16FNS2/c1-9-3-4-11(16)8-13(9)17-14-7-10(2)19-15-12(14)5-6-18-15/h3-6,8,10,14,17H,7H2,1-2H3/t10-,14?/m0/s1. The van der Waals surface area contributed by atoms with E-state index < -0.39 is 0 Å². The van der Waals surface area contributed by atoms with Gasteiger partial charge in [-0.25, -0.2) is 4.39 Å². The van der Waals surface area contributed by atoms with Crippen LogP contribution in [-0.4, -0.2) is 5.25 Å². The Bertz CT molecular complexity index is 594. The number of aryl methyl sites for hydroxylation is 1. The van der Waals surface area contributed by atoms with Crippen LogP contribution in [0.1, 0.15) is 30.5 Å². The Morgan fingerprint density at radius 3 is 3.00 bits per heavy atom. The average molecular weight is 293 g/mol. The van der Waals surface area contributed by atoms with Crippen molar-refractivity contribution in [2.75, 3.05) is 5.32 Å². The number of rotatable bonds is 2. The lowest BCUT2D eigenvalue weighted by atomic mass is 10.0. The maximum atomic E-state index is 13.4. The summed E-state index contributed by atoms with van der Waals surface area (Å²) in [6, 6.07) is 7.40. The zero-order chi connectivity index (χ0) is 13.4. The van der Waals surface area contributed by atoms with E-state index in [1.54, 1.807) is 17.4 Å². The van der Waals surface area contributed by atoms with Gasteiger partial charge in [-0.3, -0.25) is 0 Å². The maximum Gasteiger partial charge on any atom is 0.125 e. The van der Waals surface area contributed by atoms with Crippen LogP contribution in [0.4, 0.5) is 10.1 Å². The lowest BCUT2D eigenvalue weighted by molar-refractivity contribution is 0.625. The minimum atomic E-state index is -0.183. The van der Waals surface area contributed by atoms with Crippen molar-refractivity contribution in [1.29, 1.82) is 0 Å². The van der Waals surface area contributed by atoms with Crippen LogP contribution in [0, 0.1) is 12.7 Å². The Kier molecular flexibility index (Phi) is 3.54. The predicted molar refractivity (Wildman–Crippen MR) is 81.8 cm³/mol. The molecule has 2 heterocycles. The molecule has 0 saturated carbocycles. The molecule has 2 aromatic rings. The van der Waals surface area contributed by atoms with Gasteiger partial charge in [0.25, 0.3) is 0 Å². The number of fused-ring (bicyclic) bond motifs is 1. The van der Waals surface area contributed by atoms with Crippen molar-refractivity contribution in [2.45, 2.75) is 35.8 Å². The first kappa shape index (κ1) is 13.0. The number of hydrogen-bond acceptors (Lipinski definition) is 3. The van der Waals surface area contributed by atoms with Crippen LogP contribution in [-0.2, 0) is 0 Å². The molecule has 0 amide bonds. The molecule has 1 nitrogen and oxygen atoms in total. The highest BCUT2D eigenvalue weighted by Crippen LogP contribution is 2.45. The molecule has 1 aromatic carbocycles. The van der Waals surface area contributed by atoms with E-state index in [9.17, 15) is 4.39 Å².